The predicted molar refractivity (Wildman–Crippen MR) is 95.9 cm³/mol. The number of hydrogen-bond donors (Lipinski definition) is 1. The number of nitrogens with two attached hydrogens (primary N) is 1. The van der Waals surface area contributed by atoms with E-state index in [0.29, 0.717) is 5.69 Å². The Balaban J connectivity index is 1.79. The molecular formula is C20H22N2O3. The highest BCUT2D eigenvalue weighted by atomic mass is 16.6. The van der Waals surface area contributed by atoms with E-state index in [1.165, 1.54) is 4.90 Å². The zero-order chi connectivity index (χ0) is 17.8. The van der Waals surface area contributed by atoms with Crippen molar-refractivity contribution in [1.82, 2.24) is 4.90 Å². The van der Waals surface area contributed by atoms with Crippen LogP contribution in [0.3, 0.4) is 0 Å². The summed E-state index contributed by atoms with van der Waals surface area (Å²) in [4.78, 5) is 26.2. The van der Waals surface area contributed by atoms with Gasteiger partial charge < -0.3 is 10.5 Å². The molecule has 3 rings (SSSR count). The number of carbonyl (C=O) groups is 2. The number of ether oxygens (including phenoxy) is 1. The van der Waals surface area contributed by atoms with Gasteiger partial charge in [0, 0.05) is 12.1 Å². The molecule has 0 saturated carbocycles. The van der Waals surface area contributed by atoms with Crippen LogP contribution in [-0.2, 0) is 9.53 Å². The Morgan fingerprint density at radius 1 is 1.24 bits per heavy atom. The molecule has 2 amide bonds. The molecule has 1 aliphatic heterocycles. The summed E-state index contributed by atoms with van der Waals surface area (Å²) in [5.74, 6) is -0.202. The van der Waals surface area contributed by atoms with Crippen LogP contribution in [0.2, 0.25) is 0 Å². The van der Waals surface area contributed by atoms with Crippen LogP contribution in [0.15, 0.2) is 54.6 Å². The van der Waals surface area contributed by atoms with Crippen molar-refractivity contribution in [3.8, 4) is 0 Å². The average Bonchev–Trinajstić information content (AvgIpc) is 3.02. The highest BCUT2D eigenvalue weighted by molar-refractivity contribution is 5.94. The maximum absolute atomic E-state index is 12.9. The molecule has 2 aromatic rings. The minimum absolute atomic E-state index is 0.0147. The van der Waals surface area contributed by atoms with Crippen LogP contribution in [0.1, 0.15) is 42.9 Å². The Labute approximate surface area is 147 Å². The fourth-order valence-corrected chi connectivity index (χ4v) is 3.24. The van der Waals surface area contributed by atoms with Gasteiger partial charge in [-0.3, -0.25) is 4.79 Å². The fraction of sp³-hybridized carbons (Fsp3) is 0.300. The van der Waals surface area contributed by atoms with E-state index in [0.717, 1.165) is 17.5 Å². The van der Waals surface area contributed by atoms with Gasteiger partial charge in [-0.1, -0.05) is 49.4 Å². The molecule has 5 nitrogen and oxygen atoms in total. The molecule has 1 fully saturated rings. The number of imide groups is 1. The average molecular weight is 338 g/mol. The SMILES string of the molecule is CCC(CC(=O)N1C(=O)OCC1c1ccccc1)c1cccc(N)c1. The third-order valence-corrected chi connectivity index (χ3v) is 4.62. The van der Waals surface area contributed by atoms with Gasteiger partial charge >= 0.3 is 6.09 Å². The zero-order valence-electron chi connectivity index (χ0n) is 14.2. The van der Waals surface area contributed by atoms with Gasteiger partial charge in [0.1, 0.15) is 12.6 Å². The van der Waals surface area contributed by atoms with Crippen LogP contribution in [0, 0.1) is 0 Å². The topological polar surface area (TPSA) is 72.6 Å². The van der Waals surface area contributed by atoms with Gasteiger partial charge in [0.25, 0.3) is 0 Å². The Hall–Kier alpha value is -2.82. The van der Waals surface area contributed by atoms with Crippen LogP contribution in [0.5, 0.6) is 0 Å². The van der Waals surface area contributed by atoms with Crippen molar-refractivity contribution < 1.29 is 14.3 Å². The lowest BCUT2D eigenvalue weighted by Gasteiger charge is -2.23. The molecule has 0 aliphatic carbocycles. The smallest absolute Gasteiger partial charge is 0.417 e. The molecule has 5 heteroatoms. The summed E-state index contributed by atoms with van der Waals surface area (Å²) in [5.41, 5.74) is 8.44. The summed E-state index contributed by atoms with van der Waals surface area (Å²) in [6, 6.07) is 16.7. The lowest BCUT2D eigenvalue weighted by molar-refractivity contribution is -0.129. The maximum atomic E-state index is 12.9. The maximum Gasteiger partial charge on any atom is 0.417 e. The lowest BCUT2D eigenvalue weighted by Crippen LogP contribution is -2.35. The summed E-state index contributed by atoms with van der Waals surface area (Å²) in [7, 11) is 0. The normalized spacial score (nSPS) is 18.0. The standard InChI is InChI=1S/C20H22N2O3/c1-2-14(16-9-6-10-17(21)11-16)12-19(23)22-18(13-25-20(22)24)15-7-4-3-5-8-15/h3-11,14,18H,2,12-13,21H2,1H3. The van der Waals surface area contributed by atoms with Gasteiger partial charge in [0.2, 0.25) is 5.91 Å². The third-order valence-electron chi connectivity index (χ3n) is 4.62. The molecular weight excluding hydrogens is 316 g/mol. The summed E-state index contributed by atoms with van der Waals surface area (Å²) in [5, 5.41) is 0. The Morgan fingerprint density at radius 2 is 2.00 bits per heavy atom. The molecule has 0 radical (unpaired) electrons. The van der Waals surface area contributed by atoms with Gasteiger partial charge in [0.05, 0.1) is 0 Å². The minimum Gasteiger partial charge on any atom is -0.446 e. The first-order chi connectivity index (χ1) is 12.1. The van der Waals surface area contributed by atoms with Crippen molar-refractivity contribution in [2.75, 3.05) is 12.3 Å². The van der Waals surface area contributed by atoms with E-state index in [4.69, 9.17) is 10.5 Å². The number of amides is 2. The number of nitrogen functional groups attached to an aromatic ring is 1. The molecule has 25 heavy (non-hydrogen) atoms. The second-order valence-electron chi connectivity index (χ2n) is 6.25. The Kier molecular flexibility index (Phi) is 5.03. The van der Waals surface area contributed by atoms with Crippen LogP contribution >= 0.6 is 0 Å². The number of anilines is 1. The predicted octanol–water partition coefficient (Wildman–Crippen LogP) is 3.87. The molecule has 1 heterocycles. The first-order valence-electron chi connectivity index (χ1n) is 8.49. The van der Waals surface area contributed by atoms with E-state index < -0.39 is 6.09 Å². The molecule has 2 atom stereocenters. The fourth-order valence-electron chi connectivity index (χ4n) is 3.24. The Bertz CT molecular complexity index is 761. The van der Waals surface area contributed by atoms with Gasteiger partial charge in [-0.05, 0) is 35.6 Å². The largest absolute Gasteiger partial charge is 0.446 e. The van der Waals surface area contributed by atoms with Crippen molar-refractivity contribution in [1.29, 1.82) is 0 Å². The van der Waals surface area contributed by atoms with Crippen LogP contribution in [-0.4, -0.2) is 23.5 Å². The molecule has 2 N–H and O–H groups in total. The minimum atomic E-state index is -0.568. The summed E-state index contributed by atoms with van der Waals surface area (Å²) in [6.07, 6.45) is 0.466. The van der Waals surface area contributed by atoms with Crippen LogP contribution in [0.4, 0.5) is 10.5 Å². The van der Waals surface area contributed by atoms with Gasteiger partial charge in [-0.15, -0.1) is 0 Å². The number of nitrogens with zero attached hydrogens (tertiary/aromatic N) is 1. The van der Waals surface area contributed by atoms with E-state index in [-0.39, 0.29) is 30.9 Å². The number of carbonyl (C=O) groups excluding carboxylic acids is 2. The van der Waals surface area contributed by atoms with Gasteiger partial charge in [-0.25, -0.2) is 9.69 Å². The summed E-state index contributed by atoms with van der Waals surface area (Å²) < 4.78 is 5.14. The van der Waals surface area contributed by atoms with E-state index in [1.807, 2.05) is 61.5 Å². The van der Waals surface area contributed by atoms with E-state index >= 15 is 0 Å². The van der Waals surface area contributed by atoms with Crippen molar-refractivity contribution in [2.24, 2.45) is 0 Å². The quantitative estimate of drug-likeness (QED) is 0.840. The highest BCUT2D eigenvalue weighted by Gasteiger charge is 2.39. The third kappa shape index (κ3) is 3.65. The second-order valence-corrected chi connectivity index (χ2v) is 6.25. The molecule has 1 aliphatic rings. The zero-order valence-corrected chi connectivity index (χ0v) is 14.2. The summed E-state index contributed by atoms with van der Waals surface area (Å²) >= 11 is 0. The van der Waals surface area contributed by atoms with Crippen molar-refractivity contribution in [3.05, 3.63) is 65.7 Å². The van der Waals surface area contributed by atoms with E-state index in [1.54, 1.807) is 0 Å². The first kappa shape index (κ1) is 17.0. The van der Waals surface area contributed by atoms with Crippen molar-refractivity contribution >= 4 is 17.7 Å². The molecule has 130 valence electrons. The molecule has 2 aromatic carbocycles. The van der Waals surface area contributed by atoms with Crippen LogP contribution < -0.4 is 5.73 Å². The molecule has 0 aromatic heterocycles. The van der Waals surface area contributed by atoms with Crippen LogP contribution in [0.25, 0.3) is 0 Å². The van der Waals surface area contributed by atoms with Crippen molar-refractivity contribution in [3.63, 3.8) is 0 Å². The number of cyclic esters (lactones) is 1. The first-order valence-corrected chi connectivity index (χ1v) is 8.49. The van der Waals surface area contributed by atoms with Gasteiger partial charge in [0.15, 0.2) is 0 Å². The monoisotopic (exact) mass is 338 g/mol. The number of rotatable bonds is 5. The number of benzene rings is 2. The molecule has 2 unspecified atom stereocenters. The molecule has 1 saturated heterocycles. The number of hydrogen-bond acceptors (Lipinski definition) is 4. The Morgan fingerprint density at radius 3 is 2.68 bits per heavy atom. The second kappa shape index (κ2) is 7.38. The summed E-state index contributed by atoms with van der Waals surface area (Å²) in [6.45, 7) is 2.22. The molecule has 0 spiro atoms. The van der Waals surface area contributed by atoms with Crippen molar-refractivity contribution in [2.45, 2.75) is 31.7 Å². The van der Waals surface area contributed by atoms with E-state index in [2.05, 4.69) is 0 Å². The molecule has 0 bridgehead atoms. The lowest BCUT2D eigenvalue weighted by atomic mass is 9.92. The van der Waals surface area contributed by atoms with Gasteiger partial charge in [-0.2, -0.15) is 0 Å². The highest BCUT2D eigenvalue weighted by Crippen LogP contribution is 2.31. The van der Waals surface area contributed by atoms with E-state index in [9.17, 15) is 9.59 Å².